The van der Waals surface area contributed by atoms with Crippen LogP contribution in [-0.2, 0) is 13.0 Å². The average molecular weight is 397 g/mol. The van der Waals surface area contributed by atoms with Crippen LogP contribution in [0.15, 0.2) is 27.7 Å². The van der Waals surface area contributed by atoms with Crippen LogP contribution < -0.4 is 20.1 Å². The van der Waals surface area contributed by atoms with E-state index in [1.54, 1.807) is 32.0 Å². The average Bonchev–Trinajstić information content (AvgIpc) is 3.06. The number of hydrogen-bond acceptors (Lipinski definition) is 6. The molecule has 0 atom stereocenters. The monoisotopic (exact) mass is 397 g/mol. The quantitative estimate of drug-likeness (QED) is 0.470. The first kappa shape index (κ1) is 21.4. The number of ether oxygens (including phenoxy) is 2. The van der Waals surface area contributed by atoms with Gasteiger partial charge in [-0.15, -0.1) is 0 Å². The molecule has 0 radical (unpaired) electrons. The molecular weight excluding hydrogens is 372 g/mol. The van der Waals surface area contributed by atoms with Crippen LogP contribution in [0.3, 0.4) is 0 Å². The van der Waals surface area contributed by atoms with E-state index in [-0.39, 0.29) is 18.0 Å². The number of halogens is 2. The molecule has 2 aromatic rings. The molecular formula is C18H25F2N5O3. The first-order valence-electron chi connectivity index (χ1n) is 9.04. The predicted octanol–water partition coefficient (Wildman–Crippen LogP) is 2.68. The Morgan fingerprint density at radius 2 is 2.11 bits per heavy atom. The van der Waals surface area contributed by atoms with E-state index in [0.29, 0.717) is 49.4 Å². The molecule has 0 aliphatic rings. The fourth-order valence-electron chi connectivity index (χ4n) is 2.41. The lowest BCUT2D eigenvalue weighted by Gasteiger charge is -2.15. The molecule has 10 heteroatoms. The minimum Gasteiger partial charge on any atom is -0.490 e. The lowest BCUT2D eigenvalue weighted by atomic mass is 10.2. The number of nitrogens with one attached hydrogen (secondary N) is 2. The van der Waals surface area contributed by atoms with Gasteiger partial charge in [0.05, 0.1) is 13.2 Å². The van der Waals surface area contributed by atoms with Gasteiger partial charge < -0.3 is 24.6 Å². The van der Waals surface area contributed by atoms with E-state index in [9.17, 15) is 8.78 Å². The number of para-hydroxylation sites is 1. The van der Waals surface area contributed by atoms with E-state index >= 15 is 0 Å². The number of benzene rings is 1. The second-order valence-electron chi connectivity index (χ2n) is 5.66. The molecule has 0 spiro atoms. The van der Waals surface area contributed by atoms with Gasteiger partial charge in [-0.1, -0.05) is 17.3 Å². The normalized spacial score (nSPS) is 11.6. The Labute approximate surface area is 162 Å². The van der Waals surface area contributed by atoms with Crippen molar-refractivity contribution in [2.24, 2.45) is 4.99 Å². The zero-order valence-corrected chi connectivity index (χ0v) is 16.2. The van der Waals surface area contributed by atoms with Crippen molar-refractivity contribution in [2.45, 2.75) is 40.3 Å². The smallest absolute Gasteiger partial charge is 0.387 e. The summed E-state index contributed by atoms with van der Waals surface area (Å²) < 4.78 is 40.7. The van der Waals surface area contributed by atoms with Gasteiger partial charge in [-0.25, -0.2) is 4.99 Å². The van der Waals surface area contributed by atoms with E-state index in [1.165, 1.54) is 0 Å². The van der Waals surface area contributed by atoms with Gasteiger partial charge >= 0.3 is 6.61 Å². The van der Waals surface area contributed by atoms with E-state index in [4.69, 9.17) is 9.26 Å². The molecule has 0 unspecified atom stereocenters. The zero-order valence-electron chi connectivity index (χ0n) is 16.2. The molecule has 2 rings (SSSR count). The van der Waals surface area contributed by atoms with Crippen LogP contribution in [0.4, 0.5) is 8.78 Å². The first-order chi connectivity index (χ1) is 13.5. The Morgan fingerprint density at radius 3 is 2.75 bits per heavy atom. The van der Waals surface area contributed by atoms with Crippen LogP contribution in [0.2, 0.25) is 0 Å². The SMILES string of the molecule is CCNC(=NCc1cccc(OCC)c1OC(F)F)NCCc1nc(C)no1. The van der Waals surface area contributed by atoms with Crippen LogP contribution in [0.1, 0.15) is 31.1 Å². The Balaban J connectivity index is 2.07. The van der Waals surface area contributed by atoms with Crippen LogP contribution in [-0.4, -0.2) is 42.4 Å². The molecule has 8 nitrogen and oxygen atoms in total. The molecule has 0 aliphatic carbocycles. The fourth-order valence-corrected chi connectivity index (χ4v) is 2.41. The number of aryl methyl sites for hydroxylation is 1. The second-order valence-corrected chi connectivity index (χ2v) is 5.66. The van der Waals surface area contributed by atoms with Crippen molar-refractivity contribution in [3.8, 4) is 11.5 Å². The molecule has 2 N–H and O–H groups in total. The molecule has 0 saturated carbocycles. The molecule has 0 amide bonds. The standard InChI is InChI=1S/C18H25F2N5O3/c1-4-21-18(22-10-9-15-24-12(3)25-28-15)23-11-13-7-6-8-14(26-5-2)16(13)27-17(19)20/h6-8,17H,4-5,9-11H2,1-3H3,(H2,21,22,23). The van der Waals surface area contributed by atoms with Crippen molar-refractivity contribution in [3.05, 3.63) is 35.5 Å². The van der Waals surface area contributed by atoms with Crippen molar-refractivity contribution in [2.75, 3.05) is 19.7 Å². The van der Waals surface area contributed by atoms with Crippen molar-refractivity contribution >= 4 is 5.96 Å². The molecule has 0 bridgehead atoms. The maximum absolute atomic E-state index is 12.8. The summed E-state index contributed by atoms with van der Waals surface area (Å²) in [6.07, 6.45) is 0.533. The van der Waals surface area contributed by atoms with E-state index in [0.717, 1.165) is 0 Å². The predicted molar refractivity (Wildman–Crippen MR) is 99.8 cm³/mol. The van der Waals surface area contributed by atoms with Gasteiger partial charge in [0, 0.05) is 25.1 Å². The number of rotatable bonds is 10. The van der Waals surface area contributed by atoms with Crippen LogP contribution in [0, 0.1) is 6.92 Å². The highest BCUT2D eigenvalue weighted by Gasteiger charge is 2.15. The minimum atomic E-state index is -2.95. The lowest BCUT2D eigenvalue weighted by molar-refractivity contribution is -0.0520. The zero-order chi connectivity index (χ0) is 20.4. The summed E-state index contributed by atoms with van der Waals surface area (Å²) >= 11 is 0. The van der Waals surface area contributed by atoms with Gasteiger partial charge in [0.25, 0.3) is 0 Å². The highest BCUT2D eigenvalue weighted by molar-refractivity contribution is 5.79. The van der Waals surface area contributed by atoms with Gasteiger partial charge in [-0.3, -0.25) is 0 Å². The summed E-state index contributed by atoms with van der Waals surface area (Å²) in [6.45, 7) is 4.14. The summed E-state index contributed by atoms with van der Waals surface area (Å²) in [4.78, 5) is 8.57. The van der Waals surface area contributed by atoms with Crippen LogP contribution >= 0.6 is 0 Å². The Morgan fingerprint density at radius 1 is 1.29 bits per heavy atom. The van der Waals surface area contributed by atoms with Crippen LogP contribution in [0.5, 0.6) is 11.5 Å². The van der Waals surface area contributed by atoms with Crippen molar-refractivity contribution in [1.29, 1.82) is 0 Å². The summed E-state index contributed by atoms with van der Waals surface area (Å²) in [7, 11) is 0. The highest BCUT2D eigenvalue weighted by Crippen LogP contribution is 2.33. The maximum Gasteiger partial charge on any atom is 0.387 e. The summed E-state index contributed by atoms with van der Waals surface area (Å²) in [5.41, 5.74) is 0.496. The third kappa shape index (κ3) is 6.67. The van der Waals surface area contributed by atoms with E-state index in [2.05, 4.69) is 30.5 Å². The van der Waals surface area contributed by atoms with Crippen molar-refractivity contribution < 1.29 is 22.8 Å². The Hall–Kier alpha value is -2.91. The number of hydrogen-bond donors (Lipinski definition) is 2. The summed E-state index contributed by atoms with van der Waals surface area (Å²) in [5, 5.41) is 9.97. The lowest BCUT2D eigenvalue weighted by Crippen LogP contribution is -2.38. The first-order valence-corrected chi connectivity index (χ1v) is 9.04. The second kappa shape index (κ2) is 11.1. The number of nitrogens with zero attached hydrogens (tertiary/aromatic N) is 3. The Kier molecular flexibility index (Phi) is 8.44. The van der Waals surface area contributed by atoms with E-state index in [1.807, 2.05) is 6.92 Å². The molecule has 0 saturated heterocycles. The van der Waals surface area contributed by atoms with Crippen molar-refractivity contribution in [1.82, 2.24) is 20.8 Å². The molecule has 1 heterocycles. The van der Waals surface area contributed by atoms with Crippen molar-refractivity contribution in [3.63, 3.8) is 0 Å². The number of aliphatic imine (C=N–C) groups is 1. The number of alkyl halides is 2. The number of aromatic nitrogens is 2. The molecule has 0 aliphatic heterocycles. The van der Waals surface area contributed by atoms with Gasteiger partial charge in [0.15, 0.2) is 23.3 Å². The van der Waals surface area contributed by atoms with E-state index < -0.39 is 6.61 Å². The molecule has 28 heavy (non-hydrogen) atoms. The highest BCUT2D eigenvalue weighted by atomic mass is 19.3. The number of guanidine groups is 1. The fraction of sp³-hybridized carbons (Fsp3) is 0.500. The largest absolute Gasteiger partial charge is 0.490 e. The third-order valence-corrected chi connectivity index (χ3v) is 3.52. The summed E-state index contributed by atoms with van der Waals surface area (Å²) in [6, 6.07) is 4.98. The van der Waals surface area contributed by atoms with Gasteiger partial charge in [-0.2, -0.15) is 13.8 Å². The topological polar surface area (TPSA) is 93.8 Å². The minimum absolute atomic E-state index is 0.000263. The maximum atomic E-state index is 12.8. The third-order valence-electron chi connectivity index (χ3n) is 3.52. The van der Waals surface area contributed by atoms with Gasteiger partial charge in [0.1, 0.15) is 0 Å². The summed E-state index contributed by atoms with van der Waals surface area (Å²) in [5.74, 6) is 1.90. The molecule has 1 aromatic carbocycles. The van der Waals surface area contributed by atoms with Gasteiger partial charge in [-0.05, 0) is 26.8 Å². The Bertz CT molecular complexity index is 767. The van der Waals surface area contributed by atoms with Crippen LogP contribution in [0.25, 0.3) is 0 Å². The molecule has 154 valence electrons. The van der Waals surface area contributed by atoms with Gasteiger partial charge in [0.2, 0.25) is 5.89 Å². The molecule has 1 aromatic heterocycles. The molecule has 0 fully saturated rings.